The molecule has 1 atom stereocenters. The van der Waals surface area contributed by atoms with Crippen molar-refractivity contribution in [2.75, 3.05) is 5.32 Å². The number of nitrogens with zero attached hydrogens (tertiary/aromatic N) is 3. The van der Waals surface area contributed by atoms with Crippen molar-refractivity contribution in [2.45, 2.75) is 26.3 Å². The van der Waals surface area contributed by atoms with Crippen LogP contribution in [0.4, 0.5) is 14.6 Å². The van der Waals surface area contributed by atoms with E-state index < -0.39 is 12.5 Å². The van der Waals surface area contributed by atoms with Crippen molar-refractivity contribution >= 4 is 27.7 Å². The maximum Gasteiger partial charge on any atom is 0.282 e. The number of hydrogen-bond acceptors (Lipinski definition) is 3. The van der Waals surface area contributed by atoms with Gasteiger partial charge in [0.15, 0.2) is 0 Å². The molecule has 112 valence electrons. The van der Waals surface area contributed by atoms with E-state index in [9.17, 15) is 13.6 Å². The summed E-state index contributed by atoms with van der Waals surface area (Å²) in [7, 11) is 0. The Balaban J connectivity index is 2.13. The van der Waals surface area contributed by atoms with E-state index in [1.807, 2.05) is 0 Å². The zero-order chi connectivity index (χ0) is 15.6. The molecule has 8 heteroatoms. The number of nitrogens with one attached hydrogen (secondary N) is 1. The van der Waals surface area contributed by atoms with Gasteiger partial charge in [-0.2, -0.15) is 5.10 Å². The predicted octanol–water partition coefficient (Wildman–Crippen LogP) is 3.49. The third-order valence-corrected chi connectivity index (χ3v) is 3.36. The average Bonchev–Trinajstić information content (AvgIpc) is 2.82. The van der Waals surface area contributed by atoms with Gasteiger partial charge in [0.1, 0.15) is 17.6 Å². The van der Waals surface area contributed by atoms with Crippen LogP contribution < -0.4 is 5.32 Å². The molecular formula is C13H13BrF2N4O. The zero-order valence-corrected chi connectivity index (χ0v) is 12.9. The first-order chi connectivity index (χ1) is 9.88. The average molecular weight is 359 g/mol. The minimum Gasteiger partial charge on any atom is -0.309 e. The smallest absolute Gasteiger partial charge is 0.282 e. The molecule has 0 saturated carbocycles. The minimum absolute atomic E-state index is 0.339. The fourth-order valence-corrected chi connectivity index (χ4v) is 2.04. The third-order valence-electron chi connectivity index (χ3n) is 2.89. The van der Waals surface area contributed by atoms with Crippen LogP contribution in [0.5, 0.6) is 0 Å². The Bertz CT molecular complexity index is 642. The number of carbonyl (C=O) groups excluding carboxylic acids is 1. The molecule has 0 aliphatic carbocycles. The van der Waals surface area contributed by atoms with Gasteiger partial charge in [-0.1, -0.05) is 0 Å². The zero-order valence-electron chi connectivity index (χ0n) is 11.3. The molecule has 21 heavy (non-hydrogen) atoms. The van der Waals surface area contributed by atoms with Crippen molar-refractivity contribution in [3.63, 3.8) is 0 Å². The van der Waals surface area contributed by atoms with Gasteiger partial charge in [0, 0.05) is 16.4 Å². The summed E-state index contributed by atoms with van der Waals surface area (Å²) in [4.78, 5) is 16.1. The number of pyridine rings is 1. The third kappa shape index (κ3) is 3.63. The minimum atomic E-state index is -2.66. The molecule has 0 aromatic carbocycles. The first-order valence-corrected chi connectivity index (χ1v) is 6.94. The van der Waals surface area contributed by atoms with Gasteiger partial charge in [0.05, 0.1) is 0 Å². The highest BCUT2D eigenvalue weighted by atomic mass is 79.9. The number of rotatable bonds is 4. The number of aryl methyl sites for hydroxylation is 1. The van der Waals surface area contributed by atoms with Gasteiger partial charge in [-0.3, -0.25) is 9.48 Å². The van der Waals surface area contributed by atoms with Crippen LogP contribution in [0.1, 0.15) is 30.8 Å². The lowest BCUT2D eigenvalue weighted by atomic mass is 10.3. The Kier molecular flexibility index (Phi) is 4.66. The normalized spacial score (nSPS) is 12.5. The predicted molar refractivity (Wildman–Crippen MR) is 77.2 cm³/mol. The first kappa shape index (κ1) is 15.6. The second-order valence-electron chi connectivity index (χ2n) is 4.48. The fraction of sp³-hybridized carbons (Fsp3) is 0.308. The number of halogens is 3. The molecule has 2 rings (SSSR count). The van der Waals surface area contributed by atoms with Crippen molar-refractivity contribution in [1.82, 2.24) is 14.8 Å². The van der Waals surface area contributed by atoms with Gasteiger partial charge < -0.3 is 5.32 Å². The summed E-state index contributed by atoms with van der Waals surface area (Å²) in [5.41, 5.74) is 0.158. The second-order valence-corrected chi connectivity index (χ2v) is 5.40. The Morgan fingerprint density at radius 2 is 2.14 bits per heavy atom. The monoisotopic (exact) mass is 358 g/mol. The molecule has 1 unspecified atom stereocenters. The highest BCUT2D eigenvalue weighted by Gasteiger charge is 2.21. The Hall–Kier alpha value is -1.83. The van der Waals surface area contributed by atoms with Crippen LogP contribution in [0.15, 0.2) is 28.9 Å². The Morgan fingerprint density at radius 3 is 2.67 bits per heavy atom. The van der Waals surface area contributed by atoms with Gasteiger partial charge in [0.2, 0.25) is 5.91 Å². The first-order valence-electron chi connectivity index (χ1n) is 6.15. The summed E-state index contributed by atoms with van der Waals surface area (Å²) in [6.07, 6.45) is -1.11. The highest BCUT2D eigenvalue weighted by Crippen LogP contribution is 2.21. The van der Waals surface area contributed by atoms with E-state index in [4.69, 9.17) is 0 Å². The number of alkyl halides is 2. The lowest BCUT2D eigenvalue weighted by Gasteiger charge is -2.14. The van der Waals surface area contributed by atoms with Gasteiger partial charge in [0.25, 0.3) is 6.43 Å². The van der Waals surface area contributed by atoms with Gasteiger partial charge in [-0.05, 0) is 48.0 Å². The van der Waals surface area contributed by atoms with E-state index in [1.165, 1.54) is 10.7 Å². The van der Waals surface area contributed by atoms with E-state index in [0.29, 0.717) is 11.5 Å². The van der Waals surface area contributed by atoms with Crippen LogP contribution in [0.25, 0.3) is 0 Å². The van der Waals surface area contributed by atoms with Crippen molar-refractivity contribution in [3.05, 3.63) is 40.3 Å². The number of aromatic nitrogens is 3. The van der Waals surface area contributed by atoms with Gasteiger partial charge >= 0.3 is 0 Å². The van der Waals surface area contributed by atoms with Gasteiger partial charge in [-0.15, -0.1) is 0 Å². The van der Waals surface area contributed by atoms with E-state index in [0.717, 1.165) is 4.47 Å². The molecule has 0 saturated heterocycles. The van der Waals surface area contributed by atoms with E-state index in [2.05, 4.69) is 31.3 Å². The second kappa shape index (κ2) is 6.30. The molecule has 0 aliphatic heterocycles. The molecule has 2 aromatic heterocycles. The number of hydrogen-bond donors (Lipinski definition) is 1. The molecule has 0 spiro atoms. The standard InChI is InChI=1S/C13H13BrF2N4O/c1-7-5-10(12(15)16)19-20(7)8(2)13(21)18-11-4-3-9(14)6-17-11/h3-6,8,12H,1-2H3,(H,17,18,21). The van der Waals surface area contributed by atoms with Crippen LogP contribution in [-0.4, -0.2) is 20.7 Å². The molecule has 2 aromatic rings. The Labute approximate surface area is 128 Å². The lowest BCUT2D eigenvalue weighted by Crippen LogP contribution is -2.25. The maximum absolute atomic E-state index is 12.6. The molecule has 0 aliphatic rings. The van der Waals surface area contributed by atoms with E-state index in [-0.39, 0.29) is 11.6 Å². The molecule has 0 fully saturated rings. The quantitative estimate of drug-likeness (QED) is 0.909. The summed E-state index contributed by atoms with van der Waals surface area (Å²) in [5.74, 6) is 0.00535. The van der Waals surface area contributed by atoms with Gasteiger partial charge in [-0.25, -0.2) is 13.8 Å². The van der Waals surface area contributed by atoms with Crippen molar-refractivity contribution in [2.24, 2.45) is 0 Å². The van der Waals surface area contributed by atoms with Crippen LogP contribution in [0, 0.1) is 6.92 Å². The molecule has 5 nitrogen and oxygen atoms in total. The summed E-state index contributed by atoms with van der Waals surface area (Å²) >= 11 is 3.24. The molecule has 1 N–H and O–H groups in total. The molecule has 0 radical (unpaired) electrons. The van der Waals surface area contributed by atoms with Crippen molar-refractivity contribution in [1.29, 1.82) is 0 Å². The molecule has 2 heterocycles. The van der Waals surface area contributed by atoms with Crippen LogP contribution in [0.2, 0.25) is 0 Å². The molecular weight excluding hydrogens is 346 g/mol. The molecule has 1 amide bonds. The summed E-state index contributed by atoms with van der Waals surface area (Å²) in [6, 6.07) is 3.92. The maximum atomic E-state index is 12.6. The van der Waals surface area contributed by atoms with Crippen LogP contribution >= 0.6 is 15.9 Å². The van der Waals surface area contributed by atoms with Crippen LogP contribution in [0.3, 0.4) is 0 Å². The summed E-state index contributed by atoms with van der Waals surface area (Å²) in [6.45, 7) is 3.21. The topological polar surface area (TPSA) is 59.8 Å². The summed E-state index contributed by atoms with van der Waals surface area (Å²) in [5, 5.41) is 6.38. The fourth-order valence-electron chi connectivity index (χ4n) is 1.80. The number of carbonyl (C=O) groups is 1. The van der Waals surface area contributed by atoms with Crippen molar-refractivity contribution in [3.8, 4) is 0 Å². The van der Waals surface area contributed by atoms with E-state index in [1.54, 1.807) is 32.2 Å². The summed E-state index contributed by atoms with van der Waals surface area (Å²) < 4.78 is 27.3. The molecule has 0 bridgehead atoms. The van der Waals surface area contributed by atoms with Crippen LogP contribution in [-0.2, 0) is 4.79 Å². The number of anilines is 1. The highest BCUT2D eigenvalue weighted by molar-refractivity contribution is 9.10. The number of amides is 1. The SMILES string of the molecule is Cc1cc(C(F)F)nn1C(C)C(=O)Nc1ccc(Br)cn1. The largest absolute Gasteiger partial charge is 0.309 e. The Morgan fingerprint density at radius 1 is 1.43 bits per heavy atom. The van der Waals surface area contributed by atoms with Crippen molar-refractivity contribution < 1.29 is 13.6 Å². The van der Waals surface area contributed by atoms with E-state index >= 15 is 0 Å². The lowest BCUT2D eigenvalue weighted by molar-refractivity contribution is -0.119.